The third-order valence-electron chi connectivity index (χ3n) is 3.85. The molecule has 2 aliphatic heterocycles. The highest BCUT2D eigenvalue weighted by molar-refractivity contribution is 9.10. The smallest absolute Gasteiger partial charge is 0.265 e. The normalized spacial score (nSPS) is 18.5. The molecule has 22 heavy (non-hydrogen) atoms. The number of carbonyl (C=O) groups is 2. The summed E-state index contributed by atoms with van der Waals surface area (Å²) in [6.45, 7) is 3.18. The number of hydrogen-bond donors (Lipinski definition) is 1. The molecule has 0 bridgehead atoms. The van der Waals surface area contributed by atoms with Gasteiger partial charge in [0, 0.05) is 24.1 Å². The monoisotopic (exact) mass is 367 g/mol. The molecule has 1 aromatic rings. The first kappa shape index (κ1) is 15.3. The Morgan fingerprint density at radius 1 is 1.32 bits per heavy atom. The second-order valence-corrected chi connectivity index (χ2v) is 6.28. The van der Waals surface area contributed by atoms with Crippen molar-refractivity contribution in [2.75, 3.05) is 44.2 Å². The fraction of sp³-hybridized carbons (Fsp3) is 0.467. The SMILES string of the molecule is O=C(CN1C(=O)COc2cc(Br)ccc21)N1CCCNCC1. The van der Waals surface area contributed by atoms with Crippen molar-refractivity contribution in [1.82, 2.24) is 10.2 Å². The van der Waals surface area contributed by atoms with Crippen molar-refractivity contribution in [3.63, 3.8) is 0 Å². The molecule has 0 aliphatic carbocycles. The molecule has 3 rings (SSSR count). The molecular formula is C15H18BrN3O3. The Kier molecular flexibility index (Phi) is 4.63. The topological polar surface area (TPSA) is 61.9 Å². The molecule has 0 radical (unpaired) electrons. The number of hydrogen-bond acceptors (Lipinski definition) is 4. The predicted octanol–water partition coefficient (Wildman–Crippen LogP) is 0.996. The fourth-order valence-electron chi connectivity index (χ4n) is 2.68. The molecular weight excluding hydrogens is 350 g/mol. The Labute approximate surface area is 137 Å². The molecule has 2 heterocycles. The Bertz CT molecular complexity index is 585. The second-order valence-electron chi connectivity index (χ2n) is 5.36. The lowest BCUT2D eigenvalue weighted by atomic mass is 10.2. The van der Waals surface area contributed by atoms with E-state index in [0.717, 1.165) is 30.5 Å². The minimum Gasteiger partial charge on any atom is -0.482 e. The second kappa shape index (κ2) is 6.66. The standard InChI is InChI=1S/C15H18BrN3O3/c16-11-2-3-12-13(8-11)22-10-15(21)19(12)9-14(20)18-6-1-4-17-5-7-18/h2-3,8,17H,1,4-7,9-10H2. The van der Waals surface area contributed by atoms with E-state index in [4.69, 9.17) is 4.74 Å². The van der Waals surface area contributed by atoms with Gasteiger partial charge in [-0.2, -0.15) is 0 Å². The fourth-order valence-corrected chi connectivity index (χ4v) is 3.02. The van der Waals surface area contributed by atoms with Crippen LogP contribution in [0.25, 0.3) is 0 Å². The number of nitrogens with zero attached hydrogens (tertiary/aromatic N) is 2. The van der Waals surface area contributed by atoms with Crippen LogP contribution in [0.5, 0.6) is 5.75 Å². The molecule has 0 atom stereocenters. The molecule has 1 fully saturated rings. The molecule has 0 unspecified atom stereocenters. The molecule has 0 spiro atoms. The van der Waals surface area contributed by atoms with Crippen molar-refractivity contribution >= 4 is 33.4 Å². The van der Waals surface area contributed by atoms with Gasteiger partial charge in [-0.15, -0.1) is 0 Å². The van der Waals surface area contributed by atoms with Crippen molar-refractivity contribution in [3.05, 3.63) is 22.7 Å². The summed E-state index contributed by atoms with van der Waals surface area (Å²) in [6, 6.07) is 5.46. The zero-order valence-electron chi connectivity index (χ0n) is 12.2. The van der Waals surface area contributed by atoms with Crippen LogP contribution in [0.15, 0.2) is 22.7 Å². The molecule has 0 saturated carbocycles. The van der Waals surface area contributed by atoms with E-state index in [2.05, 4.69) is 21.2 Å². The maximum atomic E-state index is 12.5. The lowest BCUT2D eigenvalue weighted by Crippen LogP contribution is -2.47. The number of nitrogens with one attached hydrogen (secondary N) is 1. The van der Waals surface area contributed by atoms with E-state index in [1.807, 2.05) is 17.0 Å². The van der Waals surface area contributed by atoms with Crippen LogP contribution in [0.4, 0.5) is 5.69 Å². The molecule has 118 valence electrons. The van der Waals surface area contributed by atoms with E-state index in [1.54, 1.807) is 6.07 Å². The van der Waals surface area contributed by atoms with Gasteiger partial charge >= 0.3 is 0 Å². The quantitative estimate of drug-likeness (QED) is 0.846. The summed E-state index contributed by atoms with van der Waals surface area (Å²) in [5.74, 6) is 0.420. The Morgan fingerprint density at radius 3 is 3.05 bits per heavy atom. The van der Waals surface area contributed by atoms with Crippen LogP contribution in [-0.4, -0.2) is 56.0 Å². The van der Waals surface area contributed by atoms with E-state index in [-0.39, 0.29) is 25.0 Å². The van der Waals surface area contributed by atoms with E-state index >= 15 is 0 Å². The molecule has 0 aromatic heterocycles. The summed E-state index contributed by atoms with van der Waals surface area (Å²) in [5.41, 5.74) is 0.653. The van der Waals surface area contributed by atoms with Crippen molar-refractivity contribution in [3.8, 4) is 5.75 Å². The number of rotatable bonds is 2. The number of ether oxygens (including phenoxy) is 1. The van der Waals surface area contributed by atoms with Gasteiger partial charge in [0.05, 0.1) is 5.69 Å². The van der Waals surface area contributed by atoms with Crippen molar-refractivity contribution in [2.45, 2.75) is 6.42 Å². The predicted molar refractivity (Wildman–Crippen MR) is 86.1 cm³/mol. The maximum absolute atomic E-state index is 12.5. The van der Waals surface area contributed by atoms with Crippen molar-refractivity contribution < 1.29 is 14.3 Å². The van der Waals surface area contributed by atoms with E-state index < -0.39 is 0 Å². The zero-order chi connectivity index (χ0) is 15.5. The first-order valence-electron chi connectivity index (χ1n) is 7.36. The third-order valence-corrected chi connectivity index (χ3v) is 4.34. The first-order valence-corrected chi connectivity index (χ1v) is 8.15. The van der Waals surface area contributed by atoms with Gasteiger partial charge in [-0.05, 0) is 31.2 Å². The summed E-state index contributed by atoms with van der Waals surface area (Å²) >= 11 is 3.38. The van der Waals surface area contributed by atoms with Crippen molar-refractivity contribution in [1.29, 1.82) is 0 Å². The lowest BCUT2D eigenvalue weighted by molar-refractivity contribution is -0.131. The van der Waals surface area contributed by atoms with Crippen molar-refractivity contribution in [2.24, 2.45) is 0 Å². The molecule has 7 heteroatoms. The van der Waals surface area contributed by atoms with Gasteiger partial charge in [0.2, 0.25) is 5.91 Å². The number of halogens is 1. The van der Waals surface area contributed by atoms with Gasteiger partial charge in [-0.3, -0.25) is 14.5 Å². The first-order chi connectivity index (χ1) is 10.6. The molecule has 6 nitrogen and oxygen atoms in total. The summed E-state index contributed by atoms with van der Waals surface area (Å²) in [6.07, 6.45) is 0.937. The zero-order valence-corrected chi connectivity index (χ0v) is 13.8. The molecule has 2 amide bonds. The highest BCUT2D eigenvalue weighted by atomic mass is 79.9. The van der Waals surface area contributed by atoms with Crippen LogP contribution < -0.4 is 15.0 Å². The Hall–Kier alpha value is -1.60. The minimum absolute atomic E-state index is 0.0205. The number of anilines is 1. The maximum Gasteiger partial charge on any atom is 0.265 e. The van der Waals surface area contributed by atoms with Gasteiger partial charge in [0.1, 0.15) is 12.3 Å². The Balaban J connectivity index is 1.76. The average Bonchev–Trinajstić information content (AvgIpc) is 2.79. The number of benzene rings is 1. The minimum atomic E-state index is -0.184. The molecule has 1 N–H and O–H groups in total. The molecule has 1 aromatic carbocycles. The van der Waals surface area contributed by atoms with Gasteiger partial charge in [0.15, 0.2) is 6.61 Å². The van der Waals surface area contributed by atoms with Crippen LogP contribution in [0.3, 0.4) is 0 Å². The largest absolute Gasteiger partial charge is 0.482 e. The third kappa shape index (κ3) is 3.25. The summed E-state index contributed by atoms with van der Waals surface area (Å²) in [4.78, 5) is 28.0. The summed E-state index contributed by atoms with van der Waals surface area (Å²) in [5, 5.41) is 3.27. The molecule has 1 saturated heterocycles. The lowest BCUT2D eigenvalue weighted by Gasteiger charge is -2.31. The van der Waals surface area contributed by atoms with Gasteiger partial charge in [-0.1, -0.05) is 15.9 Å². The van der Waals surface area contributed by atoms with Crippen LogP contribution in [0, 0.1) is 0 Å². The van der Waals surface area contributed by atoms with Crippen LogP contribution >= 0.6 is 15.9 Å². The number of amides is 2. The van der Waals surface area contributed by atoms with Gasteiger partial charge in [-0.25, -0.2) is 0 Å². The van der Waals surface area contributed by atoms with Crippen LogP contribution in [-0.2, 0) is 9.59 Å². The highest BCUT2D eigenvalue weighted by Gasteiger charge is 2.29. The highest BCUT2D eigenvalue weighted by Crippen LogP contribution is 2.34. The summed E-state index contributed by atoms with van der Waals surface area (Å²) in [7, 11) is 0. The van der Waals surface area contributed by atoms with Gasteiger partial charge in [0.25, 0.3) is 5.91 Å². The van der Waals surface area contributed by atoms with E-state index in [0.29, 0.717) is 18.0 Å². The van der Waals surface area contributed by atoms with Gasteiger partial charge < -0.3 is 15.0 Å². The van der Waals surface area contributed by atoms with Crippen LogP contribution in [0.2, 0.25) is 0 Å². The van der Waals surface area contributed by atoms with Crippen LogP contribution in [0.1, 0.15) is 6.42 Å². The Morgan fingerprint density at radius 2 is 2.18 bits per heavy atom. The average molecular weight is 368 g/mol. The number of carbonyl (C=O) groups excluding carboxylic acids is 2. The molecule has 2 aliphatic rings. The number of fused-ring (bicyclic) bond motifs is 1. The van der Waals surface area contributed by atoms with E-state index in [1.165, 1.54) is 4.90 Å². The summed E-state index contributed by atoms with van der Waals surface area (Å²) < 4.78 is 6.32. The van der Waals surface area contributed by atoms with E-state index in [9.17, 15) is 9.59 Å².